The zero-order chi connectivity index (χ0) is 17.6. The second kappa shape index (κ2) is 7.70. The van der Waals surface area contributed by atoms with Crippen LogP contribution in [0.1, 0.15) is 11.1 Å². The van der Waals surface area contributed by atoms with Crippen LogP contribution in [0, 0.1) is 31.1 Å². The quantitative estimate of drug-likeness (QED) is 0.687. The number of anilines is 1. The van der Waals surface area contributed by atoms with Crippen LogP contribution in [0.3, 0.4) is 0 Å². The molecule has 0 aliphatic carbocycles. The minimum absolute atomic E-state index is 0.00521. The van der Waals surface area contributed by atoms with Gasteiger partial charge in [-0.3, -0.25) is 0 Å². The Bertz CT molecular complexity index is 914. The van der Waals surface area contributed by atoms with Crippen molar-refractivity contribution >= 4 is 15.7 Å². The van der Waals surface area contributed by atoms with E-state index in [4.69, 9.17) is 12.2 Å². The number of hydrogen-bond donors (Lipinski definition) is 1. The van der Waals surface area contributed by atoms with Gasteiger partial charge in [-0.15, -0.1) is 6.42 Å². The number of nitrogen functional groups attached to an aromatic ring is 1. The van der Waals surface area contributed by atoms with E-state index < -0.39 is 10.0 Å². The lowest BCUT2D eigenvalue weighted by Gasteiger charge is -2.17. The zero-order valence-corrected chi connectivity index (χ0v) is 14.2. The number of hydrogen-bond acceptors (Lipinski definition) is 3. The van der Waals surface area contributed by atoms with E-state index in [-0.39, 0.29) is 18.0 Å². The molecule has 24 heavy (non-hydrogen) atoms. The molecule has 0 unspecified atom stereocenters. The van der Waals surface area contributed by atoms with Crippen LogP contribution in [0.5, 0.6) is 0 Å². The highest BCUT2D eigenvalue weighted by atomic mass is 32.2. The van der Waals surface area contributed by atoms with Gasteiger partial charge < -0.3 is 5.73 Å². The fourth-order valence-electron chi connectivity index (χ4n) is 2.02. The predicted molar refractivity (Wildman–Crippen MR) is 96.5 cm³/mol. The molecule has 0 aromatic heterocycles. The summed E-state index contributed by atoms with van der Waals surface area (Å²) in [6, 6.07) is 13.8. The third kappa shape index (κ3) is 4.17. The molecule has 122 valence electrons. The predicted octanol–water partition coefficient (Wildman–Crippen LogP) is 2.25. The van der Waals surface area contributed by atoms with Gasteiger partial charge in [0.2, 0.25) is 10.0 Å². The van der Waals surface area contributed by atoms with Gasteiger partial charge in [0.05, 0.1) is 18.0 Å². The first-order valence-corrected chi connectivity index (χ1v) is 8.73. The molecule has 0 bridgehead atoms. The Morgan fingerprint density at radius 2 is 1.75 bits per heavy atom. The average Bonchev–Trinajstić information content (AvgIpc) is 2.56. The van der Waals surface area contributed by atoms with Gasteiger partial charge in [0.1, 0.15) is 0 Å². The standard InChI is InChI=1S/C19H18N2O2S/c1-3-14-21(15-6-8-17-7-4-5-9-19(17)20)24(22,23)18-12-10-16(2)11-13-18/h1,4-5,7,9-13H,14-15,20H2,2H3. The van der Waals surface area contributed by atoms with Crippen LogP contribution >= 0.6 is 0 Å². The fraction of sp³-hybridized carbons (Fsp3) is 0.158. The molecular weight excluding hydrogens is 320 g/mol. The second-order valence-corrected chi connectivity index (χ2v) is 7.12. The molecule has 0 spiro atoms. The molecule has 0 saturated heterocycles. The Labute approximate surface area is 143 Å². The highest BCUT2D eigenvalue weighted by Crippen LogP contribution is 2.16. The molecule has 0 atom stereocenters. The minimum atomic E-state index is -3.69. The van der Waals surface area contributed by atoms with E-state index in [9.17, 15) is 8.42 Å². The number of benzene rings is 2. The first-order valence-electron chi connectivity index (χ1n) is 7.29. The van der Waals surface area contributed by atoms with Gasteiger partial charge in [0.25, 0.3) is 0 Å². The van der Waals surface area contributed by atoms with Crippen LogP contribution in [-0.4, -0.2) is 25.8 Å². The highest BCUT2D eigenvalue weighted by molar-refractivity contribution is 7.89. The maximum Gasteiger partial charge on any atom is 0.244 e. The number of sulfonamides is 1. The lowest BCUT2D eigenvalue weighted by Crippen LogP contribution is -2.32. The van der Waals surface area contributed by atoms with Crippen molar-refractivity contribution in [2.24, 2.45) is 0 Å². The highest BCUT2D eigenvalue weighted by Gasteiger charge is 2.22. The number of para-hydroxylation sites is 1. The largest absolute Gasteiger partial charge is 0.398 e. The van der Waals surface area contributed by atoms with Crippen molar-refractivity contribution in [3.8, 4) is 24.2 Å². The van der Waals surface area contributed by atoms with Crippen LogP contribution in [-0.2, 0) is 10.0 Å². The molecule has 0 aliphatic heterocycles. The molecule has 0 saturated carbocycles. The van der Waals surface area contributed by atoms with E-state index in [1.807, 2.05) is 19.1 Å². The van der Waals surface area contributed by atoms with Crippen LogP contribution < -0.4 is 5.73 Å². The minimum Gasteiger partial charge on any atom is -0.398 e. The molecular formula is C19H18N2O2S. The summed E-state index contributed by atoms with van der Waals surface area (Å²) in [6.07, 6.45) is 5.31. The maximum absolute atomic E-state index is 12.7. The van der Waals surface area contributed by atoms with Crippen LogP contribution in [0.25, 0.3) is 0 Å². The van der Waals surface area contributed by atoms with Gasteiger partial charge in [0, 0.05) is 11.3 Å². The zero-order valence-electron chi connectivity index (χ0n) is 13.4. The molecule has 0 fully saturated rings. The molecule has 0 amide bonds. The van der Waals surface area contributed by atoms with Gasteiger partial charge in [-0.25, -0.2) is 8.42 Å². The summed E-state index contributed by atoms with van der Waals surface area (Å²) in [5, 5.41) is 0. The monoisotopic (exact) mass is 338 g/mol. The van der Waals surface area contributed by atoms with E-state index >= 15 is 0 Å². The molecule has 2 aromatic carbocycles. The second-order valence-electron chi connectivity index (χ2n) is 5.18. The average molecular weight is 338 g/mol. The van der Waals surface area contributed by atoms with Crippen molar-refractivity contribution in [3.63, 3.8) is 0 Å². The number of nitrogens with two attached hydrogens (primary N) is 1. The van der Waals surface area contributed by atoms with Crippen LogP contribution in [0.15, 0.2) is 53.4 Å². The molecule has 0 heterocycles. The number of aryl methyl sites for hydroxylation is 1. The first kappa shape index (κ1) is 17.6. The summed E-state index contributed by atoms with van der Waals surface area (Å²) in [7, 11) is -3.69. The Hall–Kier alpha value is -2.73. The van der Waals surface area contributed by atoms with Gasteiger partial charge in [-0.1, -0.05) is 47.6 Å². The summed E-state index contributed by atoms with van der Waals surface area (Å²) < 4.78 is 26.5. The van der Waals surface area contributed by atoms with Crippen molar-refractivity contribution in [1.82, 2.24) is 4.31 Å². The summed E-state index contributed by atoms with van der Waals surface area (Å²) in [4.78, 5) is 0.198. The number of rotatable bonds is 4. The fourth-order valence-corrected chi connectivity index (χ4v) is 3.28. The van der Waals surface area contributed by atoms with Crippen LogP contribution in [0.4, 0.5) is 5.69 Å². The van der Waals surface area contributed by atoms with Crippen LogP contribution in [0.2, 0.25) is 0 Å². The molecule has 0 aliphatic rings. The van der Waals surface area contributed by atoms with E-state index in [1.165, 1.54) is 4.31 Å². The topological polar surface area (TPSA) is 63.4 Å². The summed E-state index contributed by atoms with van der Waals surface area (Å²) >= 11 is 0. The molecule has 0 radical (unpaired) electrons. The third-order valence-electron chi connectivity index (χ3n) is 3.37. The molecule has 2 rings (SSSR count). The lowest BCUT2D eigenvalue weighted by atomic mass is 10.2. The molecule has 4 nitrogen and oxygen atoms in total. The van der Waals surface area contributed by atoms with Gasteiger partial charge >= 0.3 is 0 Å². The SMILES string of the molecule is C#CCN(CC#Cc1ccccc1N)S(=O)(=O)c1ccc(C)cc1. The Balaban J connectivity index is 2.26. The van der Waals surface area contributed by atoms with Crippen molar-refractivity contribution in [2.45, 2.75) is 11.8 Å². The maximum atomic E-state index is 12.7. The van der Waals surface area contributed by atoms with Crippen molar-refractivity contribution in [2.75, 3.05) is 18.8 Å². The first-order chi connectivity index (χ1) is 11.4. The Morgan fingerprint density at radius 3 is 2.38 bits per heavy atom. The Kier molecular flexibility index (Phi) is 5.65. The number of nitrogens with zero attached hydrogens (tertiary/aromatic N) is 1. The normalized spacial score (nSPS) is 10.7. The van der Waals surface area contributed by atoms with Gasteiger partial charge in [-0.2, -0.15) is 4.31 Å². The summed E-state index contributed by atoms with van der Waals surface area (Å²) in [5.41, 5.74) is 8.01. The molecule has 5 heteroatoms. The lowest BCUT2D eigenvalue weighted by molar-refractivity contribution is 0.482. The van der Waals surface area contributed by atoms with Gasteiger partial charge in [-0.05, 0) is 31.2 Å². The van der Waals surface area contributed by atoms with Crippen molar-refractivity contribution < 1.29 is 8.42 Å². The number of terminal acetylenes is 1. The van der Waals surface area contributed by atoms with Crippen molar-refractivity contribution in [3.05, 3.63) is 59.7 Å². The van der Waals surface area contributed by atoms with Gasteiger partial charge in [0.15, 0.2) is 0 Å². The molecule has 2 N–H and O–H groups in total. The smallest absolute Gasteiger partial charge is 0.244 e. The van der Waals surface area contributed by atoms with E-state index in [2.05, 4.69) is 17.8 Å². The Morgan fingerprint density at radius 1 is 1.08 bits per heavy atom. The third-order valence-corrected chi connectivity index (χ3v) is 5.17. The van der Waals surface area contributed by atoms with E-state index in [0.717, 1.165) is 5.56 Å². The molecule has 2 aromatic rings. The summed E-state index contributed by atoms with van der Waals surface area (Å²) in [6.45, 7) is 1.84. The van der Waals surface area contributed by atoms with E-state index in [1.54, 1.807) is 36.4 Å². The summed E-state index contributed by atoms with van der Waals surface area (Å²) in [5.74, 6) is 8.09. The van der Waals surface area contributed by atoms with E-state index in [0.29, 0.717) is 11.3 Å². The van der Waals surface area contributed by atoms with Crippen molar-refractivity contribution in [1.29, 1.82) is 0 Å².